The van der Waals surface area contributed by atoms with E-state index in [9.17, 15) is 9.90 Å². The van der Waals surface area contributed by atoms with Crippen LogP contribution in [-0.4, -0.2) is 57.7 Å². The summed E-state index contributed by atoms with van der Waals surface area (Å²) in [6.45, 7) is 8.84. The fraction of sp³-hybridized carbons (Fsp3) is 0.357. The van der Waals surface area contributed by atoms with Gasteiger partial charge in [-0.25, -0.2) is 4.98 Å². The van der Waals surface area contributed by atoms with Crippen molar-refractivity contribution in [3.8, 4) is 0 Å². The molecule has 0 atom stereocenters. The summed E-state index contributed by atoms with van der Waals surface area (Å²) in [7, 11) is 0. The van der Waals surface area contributed by atoms with E-state index in [1.165, 1.54) is 28.0 Å². The molecule has 1 aromatic heterocycles. The number of hydrogen-bond acceptors (Lipinski definition) is 4. The van der Waals surface area contributed by atoms with E-state index in [1.54, 1.807) is 13.8 Å². The highest BCUT2D eigenvalue weighted by Crippen LogP contribution is 2.32. The number of carbonyl (C=O) groups is 1. The molecular formula is C28H32N4O2. The highest BCUT2D eigenvalue weighted by atomic mass is 16.4. The lowest BCUT2D eigenvalue weighted by atomic mass is 9.93. The van der Waals surface area contributed by atoms with Crippen molar-refractivity contribution in [2.75, 3.05) is 31.1 Å². The van der Waals surface area contributed by atoms with Gasteiger partial charge >= 0.3 is 5.97 Å². The third-order valence-electron chi connectivity index (χ3n) is 7.29. The van der Waals surface area contributed by atoms with E-state index in [1.807, 2.05) is 0 Å². The van der Waals surface area contributed by atoms with Crippen LogP contribution in [0.2, 0.25) is 0 Å². The van der Waals surface area contributed by atoms with Crippen molar-refractivity contribution >= 4 is 33.8 Å². The molecule has 6 heteroatoms. The number of anilines is 1. The number of aromatic amines is 1. The van der Waals surface area contributed by atoms with Crippen LogP contribution < -0.4 is 4.90 Å². The molecule has 2 aromatic carbocycles. The Balaban J connectivity index is 1.25. The number of carboxylic acids is 1. The Morgan fingerprint density at radius 3 is 2.29 bits per heavy atom. The summed E-state index contributed by atoms with van der Waals surface area (Å²) in [5, 5.41) is 9.49. The molecule has 2 N–H and O–H groups in total. The first kappa shape index (κ1) is 22.4. The number of imidazole rings is 1. The van der Waals surface area contributed by atoms with Crippen molar-refractivity contribution in [3.63, 3.8) is 0 Å². The molecule has 1 fully saturated rings. The number of benzene rings is 2. The molecule has 0 spiro atoms. The van der Waals surface area contributed by atoms with Crippen LogP contribution in [0.3, 0.4) is 0 Å². The van der Waals surface area contributed by atoms with Crippen LogP contribution in [0, 0.1) is 6.92 Å². The van der Waals surface area contributed by atoms with Gasteiger partial charge in [0, 0.05) is 31.9 Å². The van der Waals surface area contributed by atoms with Crippen LogP contribution in [0.5, 0.6) is 0 Å². The summed E-state index contributed by atoms with van der Waals surface area (Å²) in [6.07, 6.45) is 6.37. The standard InChI is InChI=1S/C28H32N4O2/c1-19-4-13-24-25(18-19)30-26(29-24)22-7-5-20(6-8-22)21-9-11-23(12-10-21)31-14-16-32(17-15-31)28(2,3)27(33)34/h4-5,7,9-13,18H,6,8,14-17H2,1-3H3,(H,29,30)(H,33,34). The summed E-state index contributed by atoms with van der Waals surface area (Å²) in [5.74, 6) is 0.204. The van der Waals surface area contributed by atoms with Gasteiger partial charge in [-0.05, 0) is 80.2 Å². The van der Waals surface area contributed by atoms with E-state index in [0.717, 1.165) is 55.9 Å². The predicted molar refractivity (Wildman–Crippen MR) is 138 cm³/mol. The minimum absolute atomic E-state index is 0.751. The average molecular weight is 457 g/mol. The Hall–Kier alpha value is -3.38. The van der Waals surface area contributed by atoms with Crippen LogP contribution in [0.15, 0.2) is 54.6 Å². The SMILES string of the molecule is Cc1ccc2nc(C3=CC=C(c4ccc(N5CCN(C(C)(C)C(=O)O)CC5)cc4)CC3)[nH]c2c1. The number of rotatable bonds is 5. The van der Waals surface area contributed by atoms with Gasteiger partial charge in [0.25, 0.3) is 0 Å². The number of H-pyrrole nitrogens is 1. The number of piperazine rings is 1. The molecule has 0 unspecified atom stereocenters. The molecule has 1 aliphatic carbocycles. The number of hydrogen-bond donors (Lipinski definition) is 2. The molecule has 5 rings (SSSR count). The van der Waals surface area contributed by atoms with Crippen LogP contribution in [-0.2, 0) is 4.79 Å². The van der Waals surface area contributed by atoms with Gasteiger partial charge in [-0.1, -0.05) is 30.4 Å². The van der Waals surface area contributed by atoms with Gasteiger partial charge in [-0.3, -0.25) is 9.69 Å². The zero-order chi connectivity index (χ0) is 23.9. The summed E-state index contributed by atoms with van der Waals surface area (Å²) in [5.41, 5.74) is 7.56. The van der Waals surface area contributed by atoms with Gasteiger partial charge in [0.15, 0.2) is 0 Å². The van der Waals surface area contributed by atoms with E-state index in [-0.39, 0.29) is 0 Å². The zero-order valence-corrected chi connectivity index (χ0v) is 20.1. The van der Waals surface area contributed by atoms with Crippen molar-refractivity contribution in [1.82, 2.24) is 14.9 Å². The lowest BCUT2D eigenvalue weighted by Crippen LogP contribution is -2.58. The molecule has 3 aromatic rings. The van der Waals surface area contributed by atoms with Crippen molar-refractivity contribution in [3.05, 3.63) is 71.6 Å². The number of allylic oxidation sites excluding steroid dienone is 4. The summed E-state index contributed by atoms with van der Waals surface area (Å²) in [6, 6.07) is 15.1. The highest BCUT2D eigenvalue weighted by Gasteiger charge is 2.36. The molecule has 0 radical (unpaired) electrons. The molecule has 2 aliphatic rings. The molecular weight excluding hydrogens is 424 g/mol. The highest BCUT2D eigenvalue weighted by molar-refractivity contribution is 5.82. The van der Waals surface area contributed by atoms with E-state index < -0.39 is 11.5 Å². The van der Waals surface area contributed by atoms with Gasteiger partial charge in [0.05, 0.1) is 11.0 Å². The quantitative estimate of drug-likeness (QED) is 0.558. The normalized spacial score (nSPS) is 17.6. The number of nitrogens with one attached hydrogen (secondary N) is 1. The molecule has 6 nitrogen and oxygen atoms in total. The molecule has 0 bridgehead atoms. The van der Waals surface area contributed by atoms with Gasteiger partial charge in [0.2, 0.25) is 0 Å². The second-order valence-electron chi connectivity index (χ2n) is 9.87. The van der Waals surface area contributed by atoms with Gasteiger partial charge in [-0.2, -0.15) is 0 Å². The van der Waals surface area contributed by atoms with Crippen LogP contribution in [0.1, 0.15) is 43.6 Å². The van der Waals surface area contributed by atoms with E-state index in [4.69, 9.17) is 4.98 Å². The van der Waals surface area contributed by atoms with Crippen LogP contribution in [0.4, 0.5) is 5.69 Å². The first-order valence-electron chi connectivity index (χ1n) is 12.0. The fourth-order valence-electron chi connectivity index (χ4n) is 4.90. The first-order chi connectivity index (χ1) is 16.3. The van der Waals surface area contributed by atoms with E-state index in [2.05, 4.69) is 76.3 Å². The van der Waals surface area contributed by atoms with Gasteiger partial charge in [-0.15, -0.1) is 0 Å². The van der Waals surface area contributed by atoms with Crippen molar-refractivity contribution in [2.45, 2.75) is 39.2 Å². The lowest BCUT2D eigenvalue weighted by molar-refractivity contribution is -0.149. The largest absolute Gasteiger partial charge is 0.480 e. The molecule has 176 valence electrons. The second kappa shape index (κ2) is 8.76. The fourth-order valence-corrected chi connectivity index (χ4v) is 4.90. The van der Waals surface area contributed by atoms with Crippen molar-refractivity contribution < 1.29 is 9.90 Å². The predicted octanol–water partition coefficient (Wildman–Crippen LogP) is 5.12. The minimum Gasteiger partial charge on any atom is -0.480 e. The third-order valence-corrected chi connectivity index (χ3v) is 7.29. The topological polar surface area (TPSA) is 72.5 Å². The number of nitrogens with zero attached hydrogens (tertiary/aromatic N) is 3. The van der Waals surface area contributed by atoms with Gasteiger partial charge < -0.3 is 15.0 Å². The second-order valence-corrected chi connectivity index (χ2v) is 9.87. The number of aryl methyl sites for hydroxylation is 1. The first-order valence-corrected chi connectivity index (χ1v) is 12.0. The van der Waals surface area contributed by atoms with E-state index in [0.29, 0.717) is 0 Å². The Bertz CT molecular complexity index is 1280. The number of carboxylic acid groups (broad SMARTS) is 1. The molecule has 1 aliphatic heterocycles. The Morgan fingerprint density at radius 1 is 0.971 bits per heavy atom. The number of fused-ring (bicyclic) bond motifs is 1. The molecule has 1 saturated heterocycles. The maximum atomic E-state index is 11.5. The van der Waals surface area contributed by atoms with Crippen LogP contribution >= 0.6 is 0 Å². The Morgan fingerprint density at radius 2 is 1.65 bits per heavy atom. The molecule has 0 saturated carbocycles. The maximum Gasteiger partial charge on any atom is 0.323 e. The smallest absolute Gasteiger partial charge is 0.323 e. The number of aliphatic carboxylic acids is 1. The molecule has 2 heterocycles. The van der Waals surface area contributed by atoms with E-state index >= 15 is 0 Å². The molecule has 0 amide bonds. The van der Waals surface area contributed by atoms with Crippen LogP contribution in [0.25, 0.3) is 22.2 Å². The molecule has 34 heavy (non-hydrogen) atoms. The zero-order valence-electron chi connectivity index (χ0n) is 20.1. The van der Waals surface area contributed by atoms with Gasteiger partial charge in [0.1, 0.15) is 11.4 Å². The summed E-state index contributed by atoms with van der Waals surface area (Å²) < 4.78 is 0. The number of aromatic nitrogens is 2. The van der Waals surface area contributed by atoms with Crippen molar-refractivity contribution in [2.24, 2.45) is 0 Å². The lowest BCUT2D eigenvalue weighted by Gasteiger charge is -2.42. The summed E-state index contributed by atoms with van der Waals surface area (Å²) >= 11 is 0. The summed E-state index contributed by atoms with van der Waals surface area (Å²) in [4.78, 5) is 24.2. The van der Waals surface area contributed by atoms with Crippen molar-refractivity contribution in [1.29, 1.82) is 0 Å². The average Bonchev–Trinajstić information content (AvgIpc) is 3.27. The monoisotopic (exact) mass is 456 g/mol. The Kier molecular flexibility index (Phi) is 5.78. The third kappa shape index (κ3) is 4.26. The maximum absolute atomic E-state index is 11.5. The Labute approximate surface area is 200 Å². The minimum atomic E-state index is -0.822.